The van der Waals surface area contributed by atoms with E-state index in [2.05, 4.69) is 47.6 Å². The van der Waals surface area contributed by atoms with Gasteiger partial charge in [0.15, 0.2) is 0 Å². The van der Waals surface area contributed by atoms with Gasteiger partial charge in [0.2, 0.25) is 0 Å². The summed E-state index contributed by atoms with van der Waals surface area (Å²) in [6, 6.07) is 5.51. The standard InChI is InChI=1S/C13H16IN3O/c1-3-11-7-12(17(4-2)15-11)9-16-8-10(14)5-6-13(16)18/h5-8H,3-4,9H2,1-2H3. The summed E-state index contributed by atoms with van der Waals surface area (Å²) in [5, 5.41) is 4.49. The maximum Gasteiger partial charge on any atom is 0.250 e. The second kappa shape index (κ2) is 5.69. The number of pyridine rings is 1. The molecular formula is C13H16IN3O. The Morgan fingerprint density at radius 1 is 1.33 bits per heavy atom. The van der Waals surface area contributed by atoms with Crippen LogP contribution in [-0.2, 0) is 19.5 Å². The van der Waals surface area contributed by atoms with E-state index in [4.69, 9.17) is 0 Å². The van der Waals surface area contributed by atoms with Gasteiger partial charge in [0.1, 0.15) is 0 Å². The van der Waals surface area contributed by atoms with Gasteiger partial charge in [0.05, 0.1) is 17.9 Å². The highest BCUT2D eigenvalue weighted by molar-refractivity contribution is 14.1. The molecule has 4 nitrogen and oxygen atoms in total. The van der Waals surface area contributed by atoms with Crippen LogP contribution in [0.25, 0.3) is 0 Å². The number of aromatic nitrogens is 3. The van der Waals surface area contributed by atoms with Crippen molar-refractivity contribution in [3.05, 3.63) is 49.7 Å². The molecule has 2 heterocycles. The average molecular weight is 357 g/mol. The normalized spacial score (nSPS) is 10.8. The number of halogens is 1. The Bertz CT molecular complexity index is 601. The van der Waals surface area contributed by atoms with E-state index in [0.717, 1.165) is 27.9 Å². The maximum atomic E-state index is 11.8. The minimum Gasteiger partial charge on any atom is -0.308 e. The van der Waals surface area contributed by atoms with Crippen molar-refractivity contribution >= 4 is 22.6 Å². The molecule has 0 atom stereocenters. The number of rotatable bonds is 4. The van der Waals surface area contributed by atoms with Crippen molar-refractivity contribution in [1.82, 2.24) is 14.3 Å². The highest BCUT2D eigenvalue weighted by atomic mass is 127. The lowest BCUT2D eigenvalue weighted by atomic mass is 10.3. The number of hydrogen-bond donors (Lipinski definition) is 0. The van der Waals surface area contributed by atoms with E-state index in [1.165, 1.54) is 0 Å². The summed E-state index contributed by atoms with van der Waals surface area (Å²) in [6.45, 7) is 5.56. The Morgan fingerprint density at radius 2 is 2.11 bits per heavy atom. The molecule has 0 aromatic carbocycles. The van der Waals surface area contributed by atoms with Crippen molar-refractivity contribution in [3.63, 3.8) is 0 Å². The van der Waals surface area contributed by atoms with Crippen LogP contribution in [0.2, 0.25) is 0 Å². The lowest BCUT2D eigenvalue weighted by Gasteiger charge is -2.07. The van der Waals surface area contributed by atoms with E-state index in [9.17, 15) is 4.79 Å². The molecule has 2 rings (SSSR count). The van der Waals surface area contributed by atoms with Crippen LogP contribution in [0.1, 0.15) is 25.2 Å². The summed E-state index contributed by atoms with van der Waals surface area (Å²) >= 11 is 2.21. The third-order valence-electron chi connectivity index (χ3n) is 2.86. The number of hydrogen-bond acceptors (Lipinski definition) is 2. The largest absolute Gasteiger partial charge is 0.308 e. The summed E-state index contributed by atoms with van der Waals surface area (Å²) in [4.78, 5) is 11.8. The van der Waals surface area contributed by atoms with Crippen molar-refractivity contribution < 1.29 is 0 Å². The molecule has 0 aliphatic carbocycles. The molecule has 0 spiro atoms. The molecule has 18 heavy (non-hydrogen) atoms. The summed E-state index contributed by atoms with van der Waals surface area (Å²) in [5.74, 6) is 0. The Balaban J connectivity index is 2.36. The first kappa shape index (κ1) is 13.3. The maximum absolute atomic E-state index is 11.8. The Kier molecular flexibility index (Phi) is 4.21. The van der Waals surface area contributed by atoms with E-state index in [1.54, 1.807) is 10.6 Å². The zero-order valence-electron chi connectivity index (χ0n) is 10.6. The van der Waals surface area contributed by atoms with Gasteiger partial charge in [-0.2, -0.15) is 5.10 Å². The minimum absolute atomic E-state index is 0.0253. The molecule has 0 saturated heterocycles. The highest BCUT2D eigenvalue weighted by Gasteiger charge is 2.07. The van der Waals surface area contributed by atoms with Crippen LogP contribution in [0, 0.1) is 3.57 Å². The topological polar surface area (TPSA) is 39.8 Å². The fourth-order valence-corrected chi connectivity index (χ4v) is 2.41. The van der Waals surface area contributed by atoms with E-state index < -0.39 is 0 Å². The zero-order chi connectivity index (χ0) is 13.1. The van der Waals surface area contributed by atoms with Crippen LogP contribution >= 0.6 is 22.6 Å². The van der Waals surface area contributed by atoms with Crippen LogP contribution in [0.5, 0.6) is 0 Å². The third-order valence-corrected chi connectivity index (χ3v) is 3.49. The predicted octanol–water partition coefficient (Wildman–Crippen LogP) is 2.28. The molecule has 0 aliphatic heterocycles. The van der Waals surface area contributed by atoms with Gasteiger partial charge in [0.25, 0.3) is 5.56 Å². The van der Waals surface area contributed by atoms with Crippen molar-refractivity contribution in [1.29, 1.82) is 0 Å². The van der Waals surface area contributed by atoms with E-state index in [0.29, 0.717) is 6.54 Å². The van der Waals surface area contributed by atoms with Crippen LogP contribution in [0.15, 0.2) is 29.2 Å². The van der Waals surface area contributed by atoms with Crippen molar-refractivity contribution in [3.8, 4) is 0 Å². The first-order chi connectivity index (χ1) is 8.63. The Morgan fingerprint density at radius 3 is 2.78 bits per heavy atom. The number of aryl methyl sites for hydroxylation is 2. The Labute approximate surface area is 120 Å². The van der Waals surface area contributed by atoms with E-state index in [-0.39, 0.29) is 5.56 Å². The first-order valence-electron chi connectivity index (χ1n) is 6.05. The first-order valence-corrected chi connectivity index (χ1v) is 7.13. The van der Waals surface area contributed by atoms with Gasteiger partial charge in [-0.15, -0.1) is 0 Å². The van der Waals surface area contributed by atoms with Gasteiger partial charge >= 0.3 is 0 Å². The van der Waals surface area contributed by atoms with Gasteiger partial charge in [0, 0.05) is 22.4 Å². The molecule has 0 unspecified atom stereocenters. The fraction of sp³-hybridized carbons (Fsp3) is 0.385. The molecule has 0 saturated carbocycles. The van der Waals surface area contributed by atoms with Crippen molar-refractivity contribution in [2.45, 2.75) is 33.4 Å². The lowest BCUT2D eigenvalue weighted by molar-refractivity contribution is 0.589. The smallest absolute Gasteiger partial charge is 0.250 e. The van der Waals surface area contributed by atoms with Gasteiger partial charge in [-0.05, 0) is 48.1 Å². The highest BCUT2D eigenvalue weighted by Crippen LogP contribution is 2.08. The molecule has 2 aromatic rings. The molecule has 0 radical (unpaired) electrons. The van der Waals surface area contributed by atoms with Gasteiger partial charge in [-0.3, -0.25) is 9.48 Å². The quantitative estimate of drug-likeness (QED) is 0.788. The predicted molar refractivity (Wildman–Crippen MR) is 79.8 cm³/mol. The van der Waals surface area contributed by atoms with Crippen molar-refractivity contribution in [2.24, 2.45) is 0 Å². The third kappa shape index (κ3) is 2.82. The summed E-state index contributed by atoms with van der Waals surface area (Å²) in [5.41, 5.74) is 2.18. The van der Waals surface area contributed by atoms with E-state index in [1.807, 2.05) is 16.9 Å². The summed E-state index contributed by atoms with van der Waals surface area (Å²) < 4.78 is 4.75. The Hall–Kier alpha value is -1.11. The van der Waals surface area contributed by atoms with E-state index >= 15 is 0 Å². The summed E-state index contributed by atoms with van der Waals surface area (Å²) in [6.07, 6.45) is 2.79. The van der Waals surface area contributed by atoms with Crippen LogP contribution < -0.4 is 5.56 Å². The minimum atomic E-state index is 0.0253. The molecule has 2 aromatic heterocycles. The second-order valence-corrected chi connectivity index (χ2v) is 5.36. The SMILES string of the molecule is CCc1cc(Cn2cc(I)ccc2=O)n(CC)n1. The molecule has 0 fully saturated rings. The van der Waals surface area contributed by atoms with Crippen molar-refractivity contribution in [2.75, 3.05) is 0 Å². The van der Waals surface area contributed by atoms with Gasteiger partial charge in [-0.1, -0.05) is 6.92 Å². The fourth-order valence-electron chi connectivity index (χ4n) is 1.89. The average Bonchev–Trinajstić information content (AvgIpc) is 2.76. The van der Waals surface area contributed by atoms with Gasteiger partial charge in [-0.25, -0.2) is 0 Å². The monoisotopic (exact) mass is 357 g/mol. The zero-order valence-corrected chi connectivity index (χ0v) is 12.7. The molecular weight excluding hydrogens is 341 g/mol. The number of nitrogens with zero attached hydrogens (tertiary/aromatic N) is 3. The van der Waals surface area contributed by atoms with Crippen LogP contribution in [0.3, 0.4) is 0 Å². The molecule has 96 valence electrons. The second-order valence-electron chi connectivity index (χ2n) is 4.11. The molecule has 5 heteroatoms. The summed E-state index contributed by atoms with van der Waals surface area (Å²) in [7, 11) is 0. The molecule has 0 N–H and O–H groups in total. The lowest BCUT2D eigenvalue weighted by Crippen LogP contribution is -2.21. The van der Waals surface area contributed by atoms with Gasteiger partial charge < -0.3 is 4.57 Å². The molecule has 0 bridgehead atoms. The van der Waals surface area contributed by atoms with Crippen LogP contribution in [-0.4, -0.2) is 14.3 Å². The molecule has 0 amide bonds. The molecule has 0 aliphatic rings. The van der Waals surface area contributed by atoms with Crippen LogP contribution in [0.4, 0.5) is 0 Å².